The first-order valence-corrected chi connectivity index (χ1v) is 5.46. The lowest BCUT2D eigenvalue weighted by Gasteiger charge is -2.24. The van der Waals surface area contributed by atoms with Crippen LogP contribution in [0, 0.1) is 21.7 Å². The van der Waals surface area contributed by atoms with E-state index in [2.05, 4.69) is 5.32 Å². The number of nitrogens with one attached hydrogen (secondary N) is 1. The third-order valence-electron chi connectivity index (χ3n) is 2.95. The molecule has 1 fully saturated rings. The van der Waals surface area contributed by atoms with Gasteiger partial charge in [0.15, 0.2) is 0 Å². The number of hydrogen-bond acceptors (Lipinski definition) is 3. The highest BCUT2D eigenvalue weighted by Crippen LogP contribution is 2.29. The molecule has 1 aliphatic rings. The minimum absolute atomic E-state index is 0.174. The Bertz CT molecular complexity index is 445. The Balaban J connectivity index is 2.35. The standard InChI is InChI=1S/C11H12F2N2O2/c12-8-6-11(15(16)17)9(13)5-7(8)10-3-1-2-4-14-10/h5-6,10,14H,1-4H2. The zero-order valence-electron chi connectivity index (χ0n) is 9.08. The second-order valence-electron chi connectivity index (χ2n) is 4.08. The van der Waals surface area contributed by atoms with E-state index in [0.29, 0.717) is 12.5 Å². The number of piperidine rings is 1. The zero-order valence-corrected chi connectivity index (χ0v) is 9.08. The van der Waals surface area contributed by atoms with E-state index in [-0.39, 0.29) is 11.6 Å². The predicted octanol–water partition coefficient (Wildman–Crippen LogP) is 2.69. The van der Waals surface area contributed by atoms with Crippen LogP contribution in [0.5, 0.6) is 0 Å². The summed E-state index contributed by atoms with van der Waals surface area (Å²) >= 11 is 0. The van der Waals surface area contributed by atoms with Crippen LogP contribution < -0.4 is 5.32 Å². The van der Waals surface area contributed by atoms with Gasteiger partial charge in [-0.3, -0.25) is 10.1 Å². The fourth-order valence-corrected chi connectivity index (χ4v) is 2.08. The second-order valence-corrected chi connectivity index (χ2v) is 4.08. The topological polar surface area (TPSA) is 55.2 Å². The maximum absolute atomic E-state index is 13.7. The van der Waals surface area contributed by atoms with Crippen molar-refractivity contribution in [2.45, 2.75) is 25.3 Å². The van der Waals surface area contributed by atoms with E-state index in [1.807, 2.05) is 0 Å². The van der Waals surface area contributed by atoms with Crippen LogP contribution in [0.2, 0.25) is 0 Å². The molecule has 1 aromatic rings. The van der Waals surface area contributed by atoms with Gasteiger partial charge in [-0.15, -0.1) is 0 Å². The summed E-state index contributed by atoms with van der Waals surface area (Å²) < 4.78 is 27.1. The molecule has 0 aromatic heterocycles. The van der Waals surface area contributed by atoms with Crippen molar-refractivity contribution in [1.29, 1.82) is 0 Å². The molecule has 1 heterocycles. The Morgan fingerprint density at radius 3 is 2.65 bits per heavy atom. The van der Waals surface area contributed by atoms with Gasteiger partial charge in [0.05, 0.1) is 11.0 Å². The summed E-state index contributed by atoms with van der Waals surface area (Å²) in [5, 5.41) is 13.5. The molecule has 0 spiro atoms. The van der Waals surface area contributed by atoms with Gasteiger partial charge in [0.2, 0.25) is 5.82 Å². The molecule has 1 N–H and O–H groups in total. The molecule has 0 aliphatic carbocycles. The fraction of sp³-hybridized carbons (Fsp3) is 0.455. The van der Waals surface area contributed by atoms with Crippen LogP contribution in [0.25, 0.3) is 0 Å². The van der Waals surface area contributed by atoms with Crippen LogP contribution >= 0.6 is 0 Å². The maximum Gasteiger partial charge on any atom is 0.307 e. The SMILES string of the molecule is O=[N+]([O-])c1cc(F)c(C2CCCCN2)cc1F. The Labute approximate surface area is 96.8 Å². The van der Waals surface area contributed by atoms with Crippen molar-refractivity contribution in [2.75, 3.05) is 6.54 Å². The van der Waals surface area contributed by atoms with Crippen LogP contribution in [0.15, 0.2) is 12.1 Å². The number of benzene rings is 1. The van der Waals surface area contributed by atoms with E-state index in [9.17, 15) is 18.9 Å². The summed E-state index contributed by atoms with van der Waals surface area (Å²) in [5.74, 6) is -1.71. The quantitative estimate of drug-likeness (QED) is 0.640. The summed E-state index contributed by atoms with van der Waals surface area (Å²) in [4.78, 5) is 9.52. The summed E-state index contributed by atoms with van der Waals surface area (Å²) in [6.45, 7) is 0.753. The van der Waals surface area contributed by atoms with E-state index in [0.717, 1.165) is 25.5 Å². The summed E-state index contributed by atoms with van der Waals surface area (Å²) in [7, 11) is 0. The largest absolute Gasteiger partial charge is 0.310 e. The minimum Gasteiger partial charge on any atom is -0.310 e. The van der Waals surface area contributed by atoms with Gasteiger partial charge in [-0.2, -0.15) is 4.39 Å². The van der Waals surface area contributed by atoms with Gasteiger partial charge in [-0.05, 0) is 25.5 Å². The maximum atomic E-state index is 13.7. The monoisotopic (exact) mass is 242 g/mol. The fourth-order valence-electron chi connectivity index (χ4n) is 2.08. The number of halogens is 2. The van der Waals surface area contributed by atoms with Gasteiger partial charge >= 0.3 is 5.69 Å². The molecule has 4 nitrogen and oxygen atoms in total. The molecular formula is C11H12F2N2O2. The lowest BCUT2D eigenvalue weighted by molar-refractivity contribution is -0.387. The van der Waals surface area contributed by atoms with Crippen molar-refractivity contribution >= 4 is 5.69 Å². The molecule has 17 heavy (non-hydrogen) atoms. The lowest BCUT2D eigenvalue weighted by Crippen LogP contribution is -2.27. The van der Waals surface area contributed by atoms with Crippen LogP contribution in [-0.2, 0) is 0 Å². The van der Waals surface area contributed by atoms with E-state index >= 15 is 0 Å². The summed E-state index contributed by atoms with van der Waals surface area (Å²) in [6.07, 6.45) is 2.66. The van der Waals surface area contributed by atoms with Crippen molar-refractivity contribution in [3.63, 3.8) is 0 Å². The molecule has 0 saturated carbocycles. The van der Waals surface area contributed by atoms with Gasteiger partial charge in [0.1, 0.15) is 5.82 Å². The van der Waals surface area contributed by atoms with Gasteiger partial charge < -0.3 is 5.32 Å². The lowest BCUT2D eigenvalue weighted by atomic mass is 9.97. The molecule has 1 atom stereocenters. The van der Waals surface area contributed by atoms with Crippen LogP contribution in [0.1, 0.15) is 30.9 Å². The number of nitro benzene ring substituents is 1. The van der Waals surface area contributed by atoms with E-state index in [1.165, 1.54) is 0 Å². The number of hydrogen-bond donors (Lipinski definition) is 1. The summed E-state index contributed by atoms with van der Waals surface area (Å²) in [6, 6.07) is 1.33. The first kappa shape index (κ1) is 11.9. The van der Waals surface area contributed by atoms with Crippen molar-refractivity contribution < 1.29 is 13.7 Å². The second kappa shape index (κ2) is 4.75. The Morgan fingerprint density at radius 1 is 1.29 bits per heavy atom. The molecule has 0 bridgehead atoms. The van der Waals surface area contributed by atoms with Gasteiger partial charge in [0, 0.05) is 11.6 Å². The molecule has 1 saturated heterocycles. The van der Waals surface area contributed by atoms with Gasteiger partial charge in [-0.1, -0.05) is 6.42 Å². The molecule has 1 unspecified atom stereocenters. The van der Waals surface area contributed by atoms with E-state index < -0.39 is 22.2 Å². The average molecular weight is 242 g/mol. The Kier molecular flexibility index (Phi) is 3.33. The smallest absolute Gasteiger partial charge is 0.307 e. The third-order valence-corrected chi connectivity index (χ3v) is 2.95. The molecule has 92 valence electrons. The highest BCUT2D eigenvalue weighted by Gasteiger charge is 2.24. The predicted molar refractivity (Wildman–Crippen MR) is 57.6 cm³/mol. The minimum atomic E-state index is -0.987. The summed E-state index contributed by atoms with van der Waals surface area (Å²) in [5.41, 5.74) is -0.644. The van der Waals surface area contributed by atoms with Gasteiger partial charge in [-0.25, -0.2) is 4.39 Å². The van der Waals surface area contributed by atoms with E-state index in [1.54, 1.807) is 0 Å². The molecule has 2 rings (SSSR count). The van der Waals surface area contributed by atoms with Crippen molar-refractivity contribution in [1.82, 2.24) is 5.32 Å². The number of nitrogens with zero attached hydrogens (tertiary/aromatic N) is 1. The molecule has 1 aromatic carbocycles. The van der Waals surface area contributed by atoms with E-state index in [4.69, 9.17) is 0 Å². The Morgan fingerprint density at radius 2 is 2.06 bits per heavy atom. The molecule has 0 amide bonds. The number of nitro groups is 1. The van der Waals surface area contributed by atoms with Crippen molar-refractivity contribution in [3.8, 4) is 0 Å². The Hall–Kier alpha value is -1.56. The van der Waals surface area contributed by atoms with Crippen LogP contribution in [0.4, 0.5) is 14.5 Å². The van der Waals surface area contributed by atoms with Crippen LogP contribution in [-0.4, -0.2) is 11.5 Å². The number of rotatable bonds is 2. The molecule has 6 heteroatoms. The highest BCUT2D eigenvalue weighted by atomic mass is 19.1. The van der Waals surface area contributed by atoms with Gasteiger partial charge in [0.25, 0.3) is 0 Å². The molecule has 1 aliphatic heterocycles. The van der Waals surface area contributed by atoms with Crippen molar-refractivity contribution in [3.05, 3.63) is 39.4 Å². The highest BCUT2D eigenvalue weighted by molar-refractivity contribution is 5.37. The van der Waals surface area contributed by atoms with Crippen LogP contribution in [0.3, 0.4) is 0 Å². The normalized spacial score (nSPS) is 20.2. The molecular weight excluding hydrogens is 230 g/mol. The molecule has 0 radical (unpaired) electrons. The first-order chi connectivity index (χ1) is 8.09. The van der Waals surface area contributed by atoms with Crippen molar-refractivity contribution in [2.24, 2.45) is 0 Å². The average Bonchev–Trinajstić information content (AvgIpc) is 2.32. The first-order valence-electron chi connectivity index (χ1n) is 5.46. The zero-order chi connectivity index (χ0) is 12.4. The third kappa shape index (κ3) is 2.41.